The van der Waals surface area contributed by atoms with Crippen LogP contribution in [0.5, 0.6) is 0 Å². The Morgan fingerprint density at radius 3 is 1.85 bits per heavy atom. The van der Waals surface area contributed by atoms with Crippen molar-refractivity contribution in [3.05, 3.63) is 0 Å². The molecule has 3 atom stereocenters. The molecule has 0 heterocycles. The maximum absolute atomic E-state index is 12.6. The lowest BCUT2D eigenvalue weighted by atomic mass is 10.0. The Hall–Kier alpha value is -1.67. The van der Waals surface area contributed by atoms with Gasteiger partial charge >= 0.3 is 0 Å². The van der Waals surface area contributed by atoms with Crippen molar-refractivity contribution in [2.75, 3.05) is 6.54 Å². The Bertz CT molecular complexity index is 454. The normalized spacial score (nSPS) is 14.8. The van der Waals surface area contributed by atoms with Crippen LogP contribution >= 0.6 is 0 Å². The zero-order valence-corrected chi connectivity index (χ0v) is 16.6. The zero-order valence-electron chi connectivity index (χ0n) is 16.6. The largest absolute Gasteiger partial charge is 0.368 e. The first-order chi connectivity index (χ1) is 12.1. The molecule has 8 heteroatoms. The number of hydrogen-bond acceptors (Lipinski definition) is 5. The third-order valence-corrected chi connectivity index (χ3v) is 4.01. The van der Waals surface area contributed by atoms with E-state index in [1.54, 1.807) is 0 Å². The summed E-state index contributed by atoms with van der Waals surface area (Å²) >= 11 is 0. The van der Waals surface area contributed by atoms with Crippen LogP contribution in [0.1, 0.15) is 59.8 Å². The average Bonchev–Trinajstić information content (AvgIpc) is 2.51. The molecule has 0 aliphatic heterocycles. The molecule has 0 fully saturated rings. The highest BCUT2D eigenvalue weighted by molar-refractivity contribution is 5.92. The molecule has 0 bridgehead atoms. The lowest BCUT2D eigenvalue weighted by Gasteiger charge is -2.24. The second kappa shape index (κ2) is 12.6. The minimum Gasteiger partial charge on any atom is -0.368 e. The summed E-state index contributed by atoms with van der Waals surface area (Å²) in [5.41, 5.74) is 16.8. The van der Waals surface area contributed by atoms with Crippen LogP contribution in [0.2, 0.25) is 0 Å². The van der Waals surface area contributed by atoms with Gasteiger partial charge in [0.15, 0.2) is 0 Å². The standard InChI is InChI=1S/C18H37N5O3/c1-11(2)9-13(20)17(25)22-14(7-5-6-8-19)18(26)23-15(16(21)24)10-12(3)4/h11-15H,5-10,19-20H2,1-4H3,(H2,21,24)(H,22,25)(H,23,26)/t13-,14-,15-/m0/s1. The summed E-state index contributed by atoms with van der Waals surface area (Å²) in [4.78, 5) is 36.5. The molecule has 8 nitrogen and oxygen atoms in total. The Kier molecular flexibility index (Phi) is 11.8. The molecule has 0 saturated carbocycles. The molecule has 0 saturated heterocycles. The van der Waals surface area contributed by atoms with Crippen molar-refractivity contribution in [2.24, 2.45) is 29.0 Å². The van der Waals surface area contributed by atoms with Crippen LogP contribution in [0.3, 0.4) is 0 Å². The molecule has 0 aromatic carbocycles. The van der Waals surface area contributed by atoms with Crippen molar-refractivity contribution in [3.63, 3.8) is 0 Å². The first kappa shape index (κ1) is 24.3. The Balaban J connectivity index is 4.99. The molecule has 152 valence electrons. The van der Waals surface area contributed by atoms with Gasteiger partial charge in [-0.15, -0.1) is 0 Å². The maximum atomic E-state index is 12.6. The number of primary amides is 1. The second-order valence-electron chi connectivity index (χ2n) is 7.67. The Morgan fingerprint density at radius 1 is 0.846 bits per heavy atom. The molecule has 0 unspecified atom stereocenters. The fraction of sp³-hybridized carbons (Fsp3) is 0.833. The van der Waals surface area contributed by atoms with Crippen LogP contribution in [-0.2, 0) is 14.4 Å². The number of rotatable bonds is 13. The van der Waals surface area contributed by atoms with Gasteiger partial charge in [-0.25, -0.2) is 0 Å². The highest BCUT2D eigenvalue weighted by Crippen LogP contribution is 2.08. The lowest BCUT2D eigenvalue weighted by molar-refractivity contribution is -0.132. The molecular weight excluding hydrogens is 334 g/mol. The van der Waals surface area contributed by atoms with Crippen LogP contribution in [0.4, 0.5) is 0 Å². The van der Waals surface area contributed by atoms with E-state index in [4.69, 9.17) is 17.2 Å². The van der Waals surface area contributed by atoms with Crippen LogP contribution < -0.4 is 27.8 Å². The number of nitrogens with one attached hydrogen (secondary N) is 2. The van der Waals surface area contributed by atoms with E-state index in [1.165, 1.54) is 0 Å². The molecule has 0 aromatic rings. The average molecular weight is 372 g/mol. The van der Waals surface area contributed by atoms with E-state index in [9.17, 15) is 14.4 Å². The van der Waals surface area contributed by atoms with Crippen LogP contribution in [0.15, 0.2) is 0 Å². The van der Waals surface area contributed by atoms with Crippen molar-refractivity contribution in [1.29, 1.82) is 0 Å². The molecule has 0 aliphatic carbocycles. The predicted molar refractivity (Wildman–Crippen MR) is 103 cm³/mol. The summed E-state index contributed by atoms with van der Waals surface area (Å²) in [6, 6.07) is -2.20. The van der Waals surface area contributed by atoms with Crippen LogP contribution in [0.25, 0.3) is 0 Å². The Labute approximate surface area is 157 Å². The highest BCUT2D eigenvalue weighted by Gasteiger charge is 2.27. The molecule has 3 amide bonds. The van der Waals surface area contributed by atoms with E-state index < -0.39 is 29.9 Å². The first-order valence-corrected chi connectivity index (χ1v) is 9.44. The van der Waals surface area contributed by atoms with Crippen molar-refractivity contribution in [2.45, 2.75) is 77.9 Å². The monoisotopic (exact) mass is 371 g/mol. The van der Waals surface area contributed by atoms with Gasteiger partial charge < -0.3 is 27.8 Å². The van der Waals surface area contributed by atoms with Crippen molar-refractivity contribution in [1.82, 2.24) is 10.6 Å². The lowest BCUT2D eigenvalue weighted by Crippen LogP contribution is -2.55. The molecule has 26 heavy (non-hydrogen) atoms. The summed E-state index contributed by atoms with van der Waals surface area (Å²) in [5.74, 6) is -0.915. The van der Waals surface area contributed by atoms with E-state index in [2.05, 4.69) is 10.6 Å². The van der Waals surface area contributed by atoms with Crippen molar-refractivity contribution < 1.29 is 14.4 Å². The van der Waals surface area contributed by atoms with Gasteiger partial charge in [-0.2, -0.15) is 0 Å². The van der Waals surface area contributed by atoms with E-state index in [0.717, 1.165) is 6.42 Å². The topological polar surface area (TPSA) is 153 Å². The number of hydrogen-bond donors (Lipinski definition) is 5. The van der Waals surface area contributed by atoms with E-state index in [-0.39, 0.29) is 17.7 Å². The molecule has 0 radical (unpaired) electrons. The van der Waals surface area contributed by atoms with E-state index in [1.807, 2.05) is 27.7 Å². The second-order valence-corrected chi connectivity index (χ2v) is 7.67. The summed E-state index contributed by atoms with van der Waals surface area (Å²) < 4.78 is 0. The third kappa shape index (κ3) is 10.4. The van der Waals surface area contributed by atoms with Crippen molar-refractivity contribution >= 4 is 17.7 Å². The van der Waals surface area contributed by atoms with Gasteiger partial charge in [-0.1, -0.05) is 27.7 Å². The minimum atomic E-state index is -0.763. The predicted octanol–water partition coefficient (Wildman–Crippen LogP) is -0.0102. The van der Waals surface area contributed by atoms with Gasteiger partial charge in [0.2, 0.25) is 17.7 Å². The van der Waals surface area contributed by atoms with Crippen LogP contribution in [0, 0.1) is 11.8 Å². The van der Waals surface area contributed by atoms with Gasteiger partial charge in [0.25, 0.3) is 0 Å². The molecule has 0 aromatic heterocycles. The van der Waals surface area contributed by atoms with Gasteiger partial charge in [-0.3, -0.25) is 14.4 Å². The molecular formula is C18H37N5O3. The summed E-state index contributed by atoms with van der Waals surface area (Å²) in [7, 11) is 0. The number of unbranched alkanes of at least 4 members (excludes halogenated alkanes) is 1. The molecule has 0 spiro atoms. The van der Waals surface area contributed by atoms with Gasteiger partial charge in [0.05, 0.1) is 6.04 Å². The quantitative estimate of drug-likeness (QED) is 0.288. The van der Waals surface area contributed by atoms with Crippen LogP contribution in [-0.4, -0.2) is 42.4 Å². The molecule has 0 aliphatic rings. The number of nitrogens with two attached hydrogens (primary N) is 3. The summed E-state index contributed by atoms with van der Waals surface area (Å²) in [6.45, 7) is 8.33. The van der Waals surface area contributed by atoms with Gasteiger partial charge in [-0.05, 0) is 50.5 Å². The fourth-order valence-corrected chi connectivity index (χ4v) is 2.65. The number of amides is 3. The first-order valence-electron chi connectivity index (χ1n) is 9.44. The van der Waals surface area contributed by atoms with E-state index >= 15 is 0 Å². The summed E-state index contributed by atoms with van der Waals surface area (Å²) in [6.07, 6.45) is 2.82. The summed E-state index contributed by atoms with van der Waals surface area (Å²) in [5, 5.41) is 5.37. The fourth-order valence-electron chi connectivity index (χ4n) is 2.65. The molecule has 0 rings (SSSR count). The Morgan fingerprint density at radius 2 is 1.38 bits per heavy atom. The van der Waals surface area contributed by atoms with Gasteiger partial charge in [0, 0.05) is 0 Å². The smallest absolute Gasteiger partial charge is 0.243 e. The maximum Gasteiger partial charge on any atom is 0.243 e. The third-order valence-electron chi connectivity index (χ3n) is 4.01. The van der Waals surface area contributed by atoms with Crippen molar-refractivity contribution in [3.8, 4) is 0 Å². The SMILES string of the molecule is CC(C)C[C@H](NC(=O)[C@H](CCCCN)NC(=O)[C@@H](N)CC(C)C)C(N)=O. The van der Waals surface area contributed by atoms with E-state index in [0.29, 0.717) is 32.2 Å². The van der Waals surface area contributed by atoms with Gasteiger partial charge in [0.1, 0.15) is 12.1 Å². The number of carbonyl (C=O) groups is 3. The zero-order chi connectivity index (χ0) is 20.3. The number of carbonyl (C=O) groups excluding carboxylic acids is 3. The highest BCUT2D eigenvalue weighted by atomic mass is 16.2. The molecule has 8 N–H and O–H groups in total. The minimum absolute atomic E-state index is 0.192.